The summed E-state index contributed by atoms with van der Waals surface area (Å²) in [5.41, 5.74) is 2.30. The number of alkyl halides is 3. The quantitative estimate of drug-likeness (QED) is 0.323. The number of H-pyrrole nitrogens is 1. The van der Waals surface area contributed by atoms with E-state index < -0.39 is 11.7 Å². The van der Waals surface area contributed by atoms with Gasteiger partial charge in [0.1, 0.15) is 18.2 Å². The summed E-state index contributed by atoms with van der Waals surface area (Å²) in [5.74, 6) is 0.266. The van der Waals surface area contributed by atoms with Crippen molar-refractivity contribution in [1.82, 2.24) is 25.1 Å². The number of rotatable bonds is 6. The molecule has 0 unspecified atom stereocenters. The highest BCUT2D eigenvalue weighted by Gasteiger charge is 2.49. The van der Waals surface area contributed by atoms with Crippen LogP contribution in [0.5, 0.6) is 6.01 Å². The lowest BCUT2D eigenvalue weighted by atomic mass is 9.79. The molecule has 42 heavy (non-hydrogen) atoms. The fraction of sp³-hybridized carbons (Fsp3) is 0.300. The Bertz CT molecular complexity index is 1750. The molecule has 12 heteroatoms. The summed E-state index contributed by atoms with van der Waals surface area (Å²) < 4.78 is 45.7. The van der Waals surface area contributed by atoms with Gasteiger partial charge in [0.2, 0.25) is 5.91 Å². The van der Waals surface area contributed by atoms with Gasteiger partial charge in [-0.3, -0.25) is 9.89 Å². The van der Waals surface area contributed by atoms with Gasteiger partial charge in [0.05, 0.1) is 23.0 Å². The second-order valence-corrected chi connectivity index (χ2v) is 10.8. The number of nitriles is 1. The van der Waals surface area contributed by atoms with Gasteiger partial charge in [0, 0.05) is 42.5 Å². The summed E-state index contributed by atoms with van der Waals surface area (Å²) in [6.45, 7) is 7.60. The minimum atomic E-state index is -4.48. The second kappa shape index (κ2) is 10.2. The molecule has 0 saturated carbocycles. The topological polar surface area (TPSA) is 111 Å². The molecule has 2 aliphatic heterocycles. The van der Waals surface area contributed by atoms with Gasteiger partial charge in [-0.25, -0.2) is 0 Å². The van der Waals surface area contributed by atoms with Crippen molar-refractivity contribution in [1.29, 1.82) is 5.26 Å². The van der Waals surface area contributed by atoms with Crippen LogP contribution >= 0.6 is 0 Å². The number of likely N-dealkylation sites (tertiary alicyclic amines) is 1. The van der Waals surface area contributed by atoms with Crippen LogP contribution < -0.4 is 9.64 Å². The SMILES string of the molecule is C=CC(=O)N1CC2(CCN(c3nc(OCc4cccc(C(F)(F)F)c4)nc(-c4c(C)ccc5[nH]ncc45)c3C#N)C2)C1. The molecule has 4 aromatic rings. The number of fused-ring (bicyclic) bond motifs is 1. The molecule has 1 spiro atoms. The molecule has 2 aliphatic rings. The summed E-state index contributed by atoms with van der Waals surface area (Å²) in [7, 11) is 0. The average molecular weight is 574 g/mol. The fourth-order valence-electron chi connectivity index (χ4n) is 5.85. The molecule has 214 valence electrons. The number of anilines is 1. The lowest BCUT2D eigenvalue weighted by molar-refractivity contribution is -0.138. The number of nitrogens with one attached hydrogen (secondary N) is 1. The standard InChI is InChI=1S/C30H26F3N7O2/c1-3-24(41)40-16-29(17-40)9-10-39(15-29)27-21(12-34)26(25-18(2)7-8-23-22(25)13-35-38-23)36-28(37-27)42-14-19-5-4-6-20(11-19)30(31,32)33/h3-8,11,13H,1,9-10,14-17H2,2H3,(H,35,38). The first-order valence-electron chi connectivity index (χ1n) is 13.3. The third-order valence-corrected chi connectivity index (χ3v) is 7.95. The normalized spacial score (nSPS) is 16.0. The van der Waals surface area contributed by atoms with Crippen LogP contribution in [0.1, 0.15) is 28.7 Å². The molecule has 2 fully saturated rings. The Hall–Kier alpha value is -4.92. The number of aryl methyl sites for hydroxylation is 1. The number of ether oxygens (including phenoxy) is 1. The van der Waals surface area contributed by atoms with Gasteiger partial charge in [-0.1, -0.05) is 24.8 Å². The molecule has 4 heterocycles. The first kappa shape index (κ1) is 27.3. The van der Waals surface area contributed by atoms with Crippen LogP contribution in [0.4, 0.5) is 19.0 Å². The fourth-order valence-corrected chi connectivity index (χ4v) is 5.85. The number of benzene rings is 2. The van der Waals surface area contributed by atoms with Crippen molar-refractivity contribution in [3.05, 3.63) is 77.5 Å². The van der Waals surface area contributed by atoms with Gasteiger partial charge < -0.3 is 14.5 Å². The van der Waals surface area contributed by atoms with Crippen LogP contribution in [0.15, 0.2) is 55.3 Å². The minimum Gasteiger partial charge on any atom is -0.459 e. The van der Waals surface area contributed by atoms with Crippen molar-refractivity contribution in [2.45, 2.75) is 26.1 Å². The Morgan fingerprint density at radius 3 is 2.79 bits per heavy atom. The number of aromatic nitrogens is 4. The van der Waals surface area contributed by atoms with Crippen molar-refractivity contribution in [2.24, 2.45) is 5.41 Å². The van der Waals surface area contributed by atoms with Crippen LogP contribution in [-0.4, -0.2) is 57.2 Å². The van der Waals surface area contributed by atoms with Crippen LogP contribution in [0.2, 0.25) is 0 Å². The van der Waals surface area contributed by atoms with E-state index in [-0.39, 0.29) is 29.5 Å². The highest BCUT2D eigenvalue weighted by molar-refractivity contribution is 5.97. The van der Waals surface area contributed by atoms with Crippen LogP contribution in [0.3, 0.4) is 0 Å². The first-order valence-corrected chi connectivity index (χ1v) is 13.3. The predicted molar refractivity (Wildman–Crippen MR) is 148 cm³/mol. The molecule has 0 bridgehead atoms. The van der Waals surface area contributed by atoms with E-state index in [1.807, 2.05) is 24.0 Å². The predicted octanol–water partition coefficient (Wildman–Crippen LogP) is 5.02. The van der Waals surface area contributed by atoms with Gasteiger partial charge in [0.15, 0.2) is 5.82 Å². The average Bonchev–Trinajstić information content (AvgIpc) is 3.62. The second-order valence-electron chi connectivity index (χ2n) is 10.8. The van der Waals surface area contributed by atoms with Crippen LogP contribution in [0, 0.1) is 23.7 Å². The van der Waals surface area contributed by atoms with Crippen molar-refractivity contribution >= 4 is 22.6 Å². The number of hydrogen-bond acceptors (Lipinski definition) is 7. The zero-order valence-electron chi connectivity index (χ0n) is 22.7. The smallest absolute Gasteiger partial charge is 0.416 e. The van der Waals surface area contributed by atoms with E-state index in [4.69, 9.17) is 4.74 Å². The minimum absolute atomic E-state index is 0.0608. The molecule has 1 amide bonds. The van der Waals surface area contributed by atoms with Crippen LogP contribution in [-0.2, 0) is 17.6 Å². The van der Waals surface area contributed by atoms with E-state index in [0.717, 1.165) is 35.0 Å². The lowest BCUT2D eigenvalue weighted by Crippen LogP contribution is -2.59. The molecule has 0 radical (unpaired) electrons. The van der Waals surface area contributed by atoms with Crippen molar-refractivity contribution < 1.29 is 22.7 Å². The molecule has 2 saturated heterocycles. The van der Waals surface area contributed by atoms with Gasteiger partial charge in [0.25, 0.3) is 0 Å². The Labute approximate surface area is 239 Å². The van der Waals surface area contributed by atoms with Crippen molar-refractivity contribution in [2.75, 3.05) is 31.1 Å². The van der Waals surface area contributed by atoms with E-state index in [0.29, 0.717) is 48.8 Å². The maximum atomic E-state index is 13.3. The van der Waals surface area contributed by atoms with E-state index >= 15 is 0 Å². The van der Waals surface area contributed by atoms with Crippen molar-refractivity contribution in [3.8, 4) is 23.3 Å². The van der Waals surface area contributed by atoms with E-state index in [2.05, 4.69) is 32.8 Å². The van der Waals surface area contributed by atoms with Gasteiger partial charge in [-0.2, -0.15) is 33.5 Å². The van der Waals surface area contributed by atoms with Gasteiger partial charge in [-0.15, -0.1) is 0 Å². The number of halogens is 3. The number of hydrogen-bond donors (Lipinski definition) is 1. The maximum absolute atomic E-state index is 13.3. The molecule has 9 nitrogen and oxygen atoms in total. The first-order chi connectivity index (χ1) is 20.1. The summed E-state index contributed by atoms with van der Waals surface area (Å²) in [5, 5.41) is 18.2. The number of nitrogens with zero attached hydrogens (tertiary/aromatic N) is 6. The summed E-state index contributed by atoms with van der Waals surface area (Å²) in [6.07, 6.45) is -0.721. The molecular weight excluding hydrogens is 547 g/mol. The highest BCUT2D eigenvalue weighted by atomic mass is 19.4. The number of carbonyl (C=O) groups is 1. The Balaban J connectivity index is 1.40. The molecule has 0 aliphatic carbocycles. The maximum Gasteiger partial charge on any atom is 0.416 e. The molecule has 0 atom stereocenters. The van der Waals surface area contributed by atoms with Crippen molar-refractivity contribution in [3.63, 3.8) is 0 Å². The molecule has 1 N–H and O–H groups in total. The molecular formula is C30H26F3N7O2. The lowest BCUT2D eigenvalue weighted by Gasteiger charge is -2.47. The largest absolute Gasteiger partial charge is 0.459 e. The number of amides is 1. The Morgan fingerprint density at radius 2 is 2.05 bits per heavy atom. The number of carbonyl (C=O) groups excluding carboxylic acids is 1. The number of aromatic amines is 1. The third kappa shape index (κ3) is 4.81. The monoisotopic (exact) mass is 573 g/mol. The third-order valence-electron chi connectivity index (χ3n) is 7.95. The van der Waals surface area contributed by atoms with Crippen LogP contribution in [0.25, 0.3) is 22.2 Å². The molecule has 6 rings (SSSR count). The zero-order valence-corrected chi connectivity index (χ0v) is 22.7. The summed E-state index contributed by atoms with van der Waals surface area (Å²) >= 11 is 0. The zero-order chi connectivity index (χ0) is 29.6. The van der Waals surface area contributed by atoms with E-state index in [9.17, 15) is 23.2 Å². The van der Waals surface area contributed by atoms with Gasteiger partial charge in [-0.05, 0) is 48.7 Å². The van der Waals surface area contributed by atoms with E-state index in [1.54, 1.807) is 11.1 Å². The summed E-state index contributed by atoms with van der Waals surface area (Å²) in [6, 6.07) is 10.9. The molecule has 2 aromatic carbocycles. The van der Waals surface area contributed by atoms with E-state index in [1.165, 1.54) is 18.2 Å². The Morgan fingerprint density at radius 1 is 1.24 bits per heavy atom. The Kier molecular flexibility index (Phi) is 6.60. The summed E-state index contributed by atoms with van der Waals surface area (Å²) in [4.78, 5) is 25.0. The van der Waals surface area contributed by atoms with Gasteiger partial charge >= 0.3 is 12.2 Å². The highest BCUT2D eigenvalue weighted by Crippen LogP contribution is 2.43. The molecule has 2 aromatic heterocycles.